The number of hydrogen-bond acceptors (Lipinski definition) is 3. The van der Waals surface area contributed by atoms with E-state index in [1.54, 1.807) is 12.4 Å². The van der Waals surface area contributed by atoms with Crippen LogP contribution in [0.2, 0.25) is 0 Å². The van der Waals surface area contributed by atoms with Gasteiger partial charge in [-0.05, 0) is 23.6 Å². The van der Waals surface area contributed by atoms with E-state index in [-0.39, 0.29) is 24.5 Å². The second-order valence-electron chi connectivity index (χ2n) is 5.51. The molecule has 0 bridgehead atoms. The Labute approximate surface area is 137 Å². The summed E-state index contributed by atoms with van der Waals surface area (Å²) in [5, 5.41) is 2.80. The Morgan fingerprint density at radius 3 is 2.48 bits per heavy atom. The fourth-order valence-electron chi connectivity index (χ4n) is 2.31. The zero-order valence-electron chi connectivity index (χ0n) is 13.4. The molecule has 0 atom stereocenters. The molecule has 4 nitrogen and oxygen atoms in total. The second kappa shape index (κ2) is 8.83. The molecule has 2 rings (SSSR count). The lowest BCUT2D eigenvalue weighted by atomic mass is 10.0. The van der Waals surface area contributed by atoms with Gasteiger partial charge in [-0.1, -0.05) is 43.7 Å². The van der Waals surface area contributed by atoms with Gasteiger partial charge in [-0.15, -0.1) is 0 Å². The number of aryl methyl sites for hydroxylation is 1. The Morgan fingerprint density at radius 1 is 1.04 bits per heavy atom. The fraction of sp³-hybridized carbons (Fsp3) is 0.316. The number of nitrogens with zero attached hydrogens (tertiary/aromatic N) is 1. The van der Waals surface area contributed by atoms with Crippen molar-refractivity contribution in [2.75, 3.05) is 0 Å². The lowest BCUT2D eigenvalue weighted by Gasteiger charge is -2.05. The maximum Gasteiger partial charge on any atom is 0.220 e. The quantitative estimate of drug-likeness (QED) is 0.761. The summed E-state index contributed by atoms with van der Waals surface area (Å²) in [6.45, 7) is 2.57. The number of nitrogens with one attached hydrogen (secondary N) is 1. The summed E-state index contributed by atoms with van der Waals surface area (Å²) in [5.74, 6) is -0.116. The topological polar surface area (TPSA) is 59.1 Å². The van der Waals surface area contributed by atoms with Crippen LogP contribution in [0.15, 0.2) is 48.8 Å². The van der Waals surface area contributed by atoms with Crippen molar-refractivity contribution < 1.29 is 9.59 Å². The number of pyridine rings is 1. The van der Waals surface area contributed by atoms with E-state index in [1.165, 1.54) is 5.56 Å². The normalized spacial score (nSPS) is 10.3. The molecular weight excluding hydrogens is 288 g/mol. The minimum Gasteiger partial charge on any atom is -0.352 e. The molecule has 0 saturated carbocycles. The molecule has 0 fully saturated rings. The van der Waals surface area contributed by atoms with Crippen molar-refractivity contribution in [3.8, 4) is 0 Å². The van der Waals surface area contributed by atoms with Gasteiger partial charge in [0.25, 0.3) is 0 Å². The molecule has 0 aliphatic rings. The molecule has 120 valence electrons. The molecule has 23 heavy (non-hydrogen) atoms. The van der Waals surface area contributed by atoms with Crippen LogP contribution in [-0.4, -0.2) is 16.7 Å². The summed E-state index contributed by atoms with van der Waals surface area (Å²) in [6, 6.07) is 11.4. The number of carbonyl (C=O) groups excluding carboxylic acids is 2. The summed E-state index contributed by atoms with van der Waals surface area (Å²) in [5.41, 5.74) is 2.85. The zero-order valence-corrected chi connectivity index (χ0v) is 13.4. The Balaban J connectivity index is 1.76. The molecule has 0 aliphatic heterocycles. The van der Waals surface area contributed by atoms with Gasteiger partial charge in [-0.2, -0.15) is 0 Å². The number of ketones is 1. The number of benzene rings is 1. The molecule has 0 unspecified atom stereocenters. The molecule has 0 saturated heterocycles. The third-order valence-corrected chi connectivity index (χ3v) is 3.61. The van der Waals surface area contributed by atoms with Crippen LogP contribution in [0.1, 0.15) is 47.7 Å². The first kappa shape index (κ1) is 16.9. The number of amides is 1. The Hall–Kier alpha value is -2.49. The Morgan fingerprint density at radius 2 is 1.83 bits per heavy atom. The number of rotatable bonds is 8. The van der Waals surface area contributed by atoms with Gasteiger partial charge in [0, 0.05) is 37.3 Å². The van der Waals surface area contributed by atoms with Crippen LogP contribution in [0, 0.1) is 0 Å². The van der Waals surface area contributed by atoms with Crippen LogP contribution in [0.4, 0.5) is 0 Å². The predicted molar refractivity (Wildman–Crippen MR) is 90.1 cm³/mol. The number of aromatic nitrogens is 1. The van der Waals surface area contributed by atoms with Gasteiger partial charge in [0.1, 0.15) is 0 Å². The molecular formula is C19H22N2O2. The van der Waals surface area contributed by atoms with Gasteiger partial charge >= 0.3 is 0 Å². The monoisotopic (exact) mass is 310 g/mol. The summed E-state index contributed by atoms with van der Waals surface area (Å²) in [4.78, 5) is 27.9. The number of Topliss-reactive ketones (excluding diaryl/α,β-unsaturated/α-hetero) is 1. The number of hydrogen-bond donors (Lipinski definition) is 1. The van der Waals surface area contributed by atoms with Crippen molar-refractivity contribution in [1.82, 2.24) is 10.3 Å². The summed E-state index contributed by atoms with van der Waals surface area (Å²) in [7, 11) is 0. The summed E-state index contributed by atoms with van der Waals surface area (Å²) < 4.78 is 0. The maximum atomic E-state index is 12.1. The molecule has 1 aromatic carbocycles. The first-order chi connectivity index (χ1) is 11.2. The van der Waals surface area contributed by atoms with E-state index >= 15 is 0 Å². The third-order valence-electron chi connectivity index (χ3n) is 3.61. The van der Waals surface area contributed by atoms with Gasteiger partial charge in [-0.25, -0.2) is 0 Å². The zero-order chi connectivity index (χ0) is 16.5. The molecule has 0 radical (unpaired) electrons. The summed E-state index contributed by atoms with van der Waals surface area (Å²) in [6.07, 6.45) is 5.94. The third kappa shape index (κ3) is 5.66. The maximum absolute atomic E-state index is 12.1. The average molecular weight is 310 g/mol. The largest absolute Gasteiger partial charge is 0.352 e. The van der Waals surface area contributed by atoms with E-state index in [1.807, 2.05) is 36.4 Å². The highest BCUT2D eigenvalue weighted by Crippen LogP contribution is 2.10. The van der Waals surface area contributed by atoms with Gasteiger partial charge in [-0.3, -0.25) is 14.6 Å². The van der Waals surface area contributed by atoms with Crippen LogP contribution in [0.5, 0.6) is 0 Å². The van der Waals surface area contributed by atoms with Crippen molar-refractivity contribution in [2.45, 2.75) is 39.2 Å². The van der Waals surface area contributed by atoms with Crippen LogP contribution in [0.25, 0.3) is 0 Å². The van der Waals surface area contributed by atoms with E-state index in [9.17, 15) is 9.59 Å². The first-order valence-corrected chi connectivity index (χ1v) is 7.96. The minimum absolute atomic E-state index is 0.00424. The second-order valence-corrected chi connectivity index (χ2v) is 5.51. The van der Waals surface area contributed by atoms with Crippen molar-refractivity contribution >= 4 is 11.7 Å². The number of carbonyl (C=O) groups is 2. The molecule has 1 amide bonds. The summed E-state index contributed by atoms with van der Waals surface area (Å²) >= 11 is 0. The molecule has 1 aromatic heterocycles. The van der Waals surface area contributed by atoms with E-state index in [4.69, 9.17) is 0 Å². The SMILES string of the molecule is CCCc1ccc(C(=O)CCC(=O)NCc2cccnc2)cc1. The van der Waals surface area contributed by atoms with Crippen LogP contribution >= 0.6 is 0 Å². The average Bonchev–Trinajstić information content (AvgIpc) is 2.59. The van der Waals surface area contributed by atoms with Gasteiger partial charge in [0.15, 0.2) is 5.78 Å². The first-order valence-electron chi connectivity index (χ1n) is 7.96. The van der Waals surface area contributed by atoms with E-state index in [0.29, 0.717) is 12.1 Å². The highest BCUT2D eigenvalue weighted by molar-refractivity contribution is 5.97. The van der Waals surface area contributed by atoms with E-state index in [2.05, 4.69) is 17.2 Å². The highest BCUT2D eigenvalue weighted by atomic mass is 16.2. The predicted octanol–water partition coefficient (Wildman–Crippen LogP) is 3.31. The Kier molecular flexibility index (Phi) is 6.48. The van der Waals surface area contributed by atoms with Crippen LogP contribution in [-0.2, 0) is 17.8 Å². The Bertz CT molecular complexity index is 636. The molecule has 2 aromatic rings. The van der Waals surface area contributed by atoms with Crippen molar-refractivity contribution in [3.63, 3.8) is 0 Å². The molecule has 1 N–H and O–H groups in total. The van der Waals surface area contributed by atoms with Crippen LogP contribution < -0.4 is 5.32 Å². The molecule has 4 heteroatoms. The highest BCUT2D eigenvalue weighted by Gasteiger charge is 2.09. The van der Waals surface area contributed by atoms with Crippen molar-refractivity contribution in [2.24, 2.45) is 0 Å². The van der Waals surface area contributed by atoms with Crippen LogP contribution in [0.3, 0.4) is 0 Å². The van der Waals surface area contributed by atoms with Crippen molar-refractivity contribution in [3.05, 3.63) is 65.5 Å². The molecule has 1 heterocycles. The fourth-order valence-corrected chi connectivity index (χ4v) is 2.31. The van der Waals surface area contributed by atoms with E-state index in [0.717, 1.165) is 18.4 Å². The smallest absolute Gasteiger partial charge is 0.220 e. The minimum atomic E-state index is -0.121. The standard InChI is InChI=1S/C19H22N2O2/c1-2-4-15-6-8-17(9-7-15)18(22)10-11-19(23)21-14-16-5-3-12-20-13-16/h3,5-9,12-13H,2,4,10-11,14H2,1H3,(H,21,23). The van der Waals surface area contributed by atoms with Gasteiger partial charge in [0.2, 0.25) is 5.91 Å². The molecule has 0 spiro atoms. The van der Waals surface area contributed by atoms with Gasteiger partial charge in [0.05, 0.1) is 0 Å². The van der Waals surface area contributed by atoms with Gasteiger partial charge < -0.3 is 5.32 Å². The lowest BCUT2D eigenvalue weighted by molar-refractivity contribution is -0.121. The molecule has 0 aliphatic carbocycles. The lowest BCUT2D eigenvalue weighted by Crippen LogP contribution is -2.23. The van der Waals surface area contributed by atoms with Crippen molar-refractivity contribution in [1.29, 1.82) is 0 Å². The van der Waals surface area contributed by atoms with E-state index < -0.39 is 0 Å².